The van der Waals surface area contributed by atoms with Gasteiger partial charge in [0.25, 0.3) is 0 Å². The lowest BCUT2D eigenvalue weighted by Gasteiger charge is -2.12. The van der Waals surface area contributed by atoms with Crippen molar-refractivity contribution in [2.75, 3.05) is 12.8 Å². The molecule has 0 bridgehead atoms. The van der Waals surface area contributed by atoms with Gasteiger partial charge in [0, 0.05) is 11.8 Å². The van der Waals surface area contributed by atoms with Crippen molar-refractivity contribution in [3.05, 3.63) is 35.9 Å². The maximum Gasteiger partial charge on any atom is 0.0406 e. The van der Waals surface area contributed by atoms with Gasteiger partial charge in [-0.15, -0.1) is 0 Å². The van der Waals surface area contributed by atoms with E-state index in [0.29, 0.717) is 6.04 Å². The first kappa shape index (κ1) is 8.62. The van der Waals surface area contributed by atoms with Crippen molar-refractivity contribution >= 4 is 12.6 Å². The van der Waals surface area contributed by atoms with Gasteiger partial charge in [-0.1, -0.05) is 30.3 Å². The fraction of sp³-hybridized carbons (Fsp3) is 0.333. The van der Waals surface area contributed by atoms with Crippen molar-refractivity contribution in [1.82, 2.24) is 5.32 Å². The molecule has 0 aliphatic carbocycles. The van der Waals surface area contributed by atoms with Gasteiger partial charge in [-0.25, -0.2) is 0 Å². The number of thiol groups is 1. The number of nitrogens with one attached hydrogen (secondary N) is 1. The van der Waals surface area contributed by atoms with Gasteiger partial charge in [0.15, 0.2) is 0 Å². The highest BCUT2D eigenvalue weighted by atomic mass is 32.1. The molecule has 0 fully saturated rings. The largest absolute Gasteiger partial charge is 0.312 e. The van der Waals surface area contributed by atoms with Crippen LogP contribution in [0.2, 0.25) is 0 Å². The summed E-state index contributed by atoms with van der Waals surface area (Å²) >= 11 is 4.24. The molecule has 1 aromatic rings. The van der Waals surface area contributed by atoms with Crippen LogP contribution < -0.4 is 5.32 Å². The lowest BCUT2D eigenvalue weighted by Crippen LogP contribution is -2.17. The molecule has 60 valence electrons. The molecule has 1 N–H and O–H groups in total. The summed E-state index contributed by atoms with van der Waals surface area (Å²) in [6.07, 6.45) is 0. The van der Waals surface area contributed by atoms with Crippen molar-refractivity contribution in [3.63, 3.8) is 0 Å². The van der Waals surface area contributed by atoms with Gasteiger partial charge in [0.2, 0.25) is 0 Å². The van der Waals surface area contributed by atoms with E-state index in [2.05, 4.69) is 30.1 Å². The Labute approximate surface area is 73.2 Å². The Bertz CT molecular complexity index is 194. The number of benzene rings is 1. The van der Waals surface area contributed by atoms with Crippen LogP contribution in [-0.2, 0) is 0 Å². The minimum absolute atomic E-state index is 0.375. The summed E-state index contributed by atoms with van der Waals surface area (Å²) in [4.78, 5) is 0. The molecule has 1 aromatic carbocycles. The highest BCUT2D eigenvalue weighted by Crippen LogP contribution is 2.12. The van der Waals surface area contributed by atoms with Crippen molar-refractivity contribution < 1.29 is 0 Å². The summed E-state index contributed by atoms with van der Waals surface area (Å²) in [6, 6.07) is 10.7. The van der Waals surface area contributed by atoms with Gasteiger partial charge < -0.3 is 5.32 Å². The topological polar surface area (TPSA) is 12.0 Å². The third-order valence-electron chi connectivity index (χ3n) is 1.73. The molecule has 1 atom stereocenters. The zero-order valence-electron chi connectivity index (χ0n) is 6.62. The Morgan fingerprint density at radius 1 is 1.36 bits per heavy atom. The molecule has 0 saturated heterocycles. The SMILES string of the molecule is CNC(CS)c1ccccc1. The molecule has 0 heterocycles. The predicted octanol–water partition coefficient (Wildman–Crippen LogP) is 1.88. The Balaban J connectivity index is 2.74. The summed E-state index contributed by atoms with van der Waals surface area (Å²) < 4.78 is 0. The summed E-state index contributed by atoms with van der Waals surface area (Å²) in [5.41, 5.74) is 1.30. The van der Waals surface area contributed by atoms with E-state index in [1.54, 1.807) is 0 Å². The monoisotopic (exact) mass is 167 g/mol. The normalized spacial score (nSPS) is 12.9. The van der Waals surface area contributed by atoms with E-state index in [1.807, 2.05) is 25.2 Å². The third kappa shape index (κ3) is 2.24. The van der Waals surface area contributed by atoms with Crippen molar-refractivity contribution in [2.24, 2.45) is 0 Å². The second kappa shape index (κ2) is 4.42. The van der Waals surface area contributed by atoms with Crippen LogP contribution >= 0.6 is 12.6 Å². The molecule has 0 aliphatic heterocycles. The average molecular weight is 167 g/mol. The van der Waals surface area contributed by atoms with E-state index < -0.39 is 0 Å². The first-order valence-electron chi connectivity index (χ1n) is 3.71. The molecule has 0 spiro atoms. The highest BCUT2D eigenvalue weighted by Gasteiger charge is 2.03. The zero-order chi connectivity index (χ0) is 8.10. The summed E-state index contributed by atoms with van der Waals surface area (Å²) in [5.74, 6) is 0.834. The second-order valence-electron chi connectivity index (χ2n) is 2.43. The van der Waals surface area contributed by atoms with E-state index in [-0.39, 0.29) is 0 Å². The molecule has 11 heavy (non-hydrogen) atoms. The van der Waals surface area contributed by atoms with E-state index in [0.717, 1.165) is 5.75 Å². The molecule has 0 aromatic heterocycles. The minimum Gasteiger partial charge on any atom is -0.312 e. The molecule has 1 rings (SSSR count). The van der Waals surface area contributed by atoms with Crippen molar-refractivity contribution in [1.29, 1.82) is 0 Å². The van der Waals surface area contributed by atoms with E-state index >= 15 is 0 Å². The van der Waals surface area contributed by atoms with E-state index in [4.69, 9.17) is 0 Å². The molecule has 0 amide bonds. The van der Waals surface area contributed by atoms with Crippen LogP contribution in [0.15, 0.2) is 30.3 Å². The van der Waals surface area contributed by atoms with Gasteiger partial charge in [-0.2, -0.15) is 12.6 Å². The maximum absolute atomic E-state index is 4.24. The minimum atomic E-state index is 0.375. The number of hydrogen-bond acceptors (Lipinski definition) is 2. The summed E-state index contributed by atoms with van der Waals surface area (Å²) in [7, 11) is 1.95. The quantitative estimate of drug-likeness (QED) is 0.655. The average Bonchev–Trinajstić information content (AvgIpc) is 2.09. The van der Waals surface area contributed by atoms with Crippen molar-refractivity contribution in [3.8, 4) is 0 Å². The predicted molar refractivity (Wildman–Crippen MR) is 52.1 cm³/mol. The highest BCUT2D eigenvalue weighted by molar-refractivity contribution is 7.80. The smallest absolute Gasteiger partial charge is 0.0406 e. The molecule has 1 unspecified atom stereocenters. The van der Waals surface area contributed by atoms with Crippen molar-refractivity contribution in [2.45, 2.75) is 6.04 Å². The Morgan fingerprint density at radius 2 is 2.00 bits per heavy atom. The first-order chi connectivity index (χ1) is 5.38. The lowest BCUT2D eigenvalue weighted by molar-refractivity contribution is 0.663. The van der Waals surface area contributed by atoms with Gasteiger partial charge >= 0.3 is 0 Å². The van der Waals surface area contributed by atoms with Crippen LogP contribution in [0.25, 0.3) is 0 Å². The van der Waals surface area contributed by atoms with Crippen LogP contribution in [0.3, 0.4) is 0 Å². The maximum atomic E-state index is 4.24. The van der Waals surface area contributed by atoms with Gasteiger partial charge in [0.1, 0.15) is 0 Å². The van der Waals surface area contributed by atoms with Crippen LogP contribution in [-0.4, -0.2) is 12.8 Å². The molecular formula is C9H13NS. The number of hydrogen-bond donors (Lipinski definition) is 2. The second-order valence-corrected chi connectivity index (χ2v) is 2.80. The Kier molecular flexibility index (Phi) is 3.46. The molecule has 2 heteroatoms. The molecular weight excluding hydrogens is 154 g/mol. The van der Waals surface area contributed by atoms with Gasteiger partial charge in [0.05, 0.1) is 0 Å². The van der Waals surface area contributed by atoms with Crippen LogP contribution in [0.5, 0.6) is 0 Å². The molecule has 0 aliphatic rings. The summed E-state index contributed by atoms with van der Waals surface area (Å²) in [6.45, 7) is 0. The molecule has 0 saturated carbocycles. The molecule has 1 nitrogen and oxygen atoms in total. The standard InChI is InChI=1S/C9H13NS/c1-10-9(7-11)8-5-3-2-4-6-8/h2-6,9-11H,7H2,1H3. The number of rotatable bonds is 3. The fourth-order valence-electron chi connectivity index (χ4n) is 1.05. The zero-order valence-corrected chi connectivity index (χ0v) is 7.51. The van der Waals surface area contributed by atoms with E-state index in [1.165, 1.54) is 5.56 Å². The van der Waals surface area contributed by atoms with Gasteiger partial charge in [-0.05, 0) is 12.6 Å². The first-order valence-corrected chi connectivity index (χ1v) is 4.34. The molecule has 0 radical (unpaired) electrons. The Hall–Kier alpha value is -0.470. The van der Waals surface area contributed by atoms with Crippen LogP contribution in [0.1, 0.15) is 11.6 Å². The summed E-state index contributed by atoms with van der Waals surface area (Å²) in [5, 5.41) is 3.19. The van der Waals surface area contributed by atoms with E-state index in [9.17, 15) is 0 Å². The lowest BCUT2D eigenvalue weighted by atomic mass is 10.1. The van der Waals surface area contributed by atoms with Gasteiger partial charge in [-0.3, -0.25) is 0 Å². The van der Waals surface area contributed by atoms with Crippen LogP contribution in [0, 0.1) is 0 Å². The van der Waals surface area contributed by atoms with Crippen LogP contribution in [0.4, 0.5) is 0 Å². The third-order valence-corrected chi connectivity index (χ3v) is 2.10. The Morgan fingerprint density at radius 3 is 2.45 bits per heavy atom. The fourth-order valence-corrected chi connectivity index (χ4v) is 1.44.